The molecule has 6 unspecified atom stereocenters. The fraction of sp³-hybridized carbons (Fsp3) is 0.933. The Kier molecular flexibility index (Phi) is 3.55. The van der Waals surface area contributed by atoms with Crippen molar-refractivity contribution in [2.24, 2.45) is 0 Å². The molecule has 0 aromatic carbocycles. The van der Waals surface area contributed by atoms with E-state index in [1.54, 1.807) is 0 Å². The summed E-state index contributed by atoms with van der Waals surface area (Å²) in [4.78, 5) is 18.9. The van der Waals surface area contributed by atoms with Gasteiger partial charge >= 0.3 is 5.97 Å². The van der Waals surface area contributed by atoms with Crippen LogP contribution < -0.4 is 0 Å². The summed E-state index contributed by atoms with van der Waals surface area (Å²) in [6.45, 7) is 10.1. The third kappa shape index (κ3) is 2.16. The Morgan fingerprint density at radius 1 is 1.00 bits per heavy atom. The Hall–Kier alpha value is -0.650. The van der Waals surface area contributed by atoms with E-state index >= 15 is 0 Å². The van der Waals surface area contributed by atoms with Crippen LogP contribution in [0.4, 0.5) is 0 Å². The second-order valence-corrected chi connectivity index (χ2v) is 6.54. The van der Waals surface area contributed by atoms with Crippen LogP contribution in [0.25, 0.3) is 0 Å². The van der Waals surface area contributed by atoms with Crippen LogP contribution in [0, 0.1) is 0 Å². The number of rotatable bonds is 8. The van der Waals surface area contributed by atoms with Gasteiger partial charge in [0.2, 0.25) is 0 Å². The van der Waals surface area contributed by atoms with Gasteiger partial charge in [-0.05, 0) is 19.3 Å². The fourth-order valence-electron chi connectivity index (χ4n) is 3.71. The van der Waals surface area contributed by atoms with Crippen LogP contribution in [0.1, 0.15) is 40.0 Å². The molecule has 5 nitrogen and oxygen atoms in total. The minimum Gasteiger partial charge on any atom is -0.479 e. The number of hydrogen-bond donors (Lipinski definition) is 1. The lowest BCUT2D eigenvalue weighted by Gasteiger charge is -2.34. The Morgan fingerprint density at radius 2 is 1.50 bits per heavy atom. The number of nitrogens with zero attached hydrogens (tertiary/aromatic N) is 3. The number of carbonyl (C=O) groups is 1. The number of carboxylic acids is 1. The van der Waals surface area contributed by atoms with E-state index in [1.165, 1.54) is 0 Å². The fourth-order valence-corrected chi connectivity index (χ4v) is 3.71. The molecule has 5 heteroatoms. The molecular formula is C15H27N3O2. The molecule has 6 atom stereocenters. The van der Waals surface area contributed by atoms with Gasteiger partial charge in [0.25, 0.3) is 0 Å². The highest BCUT2D eigenvalue weighted by Crippen LogP contribution is 2.43. The van der Waals surface area contributed by atoms with Gasteiger partial charge in [0, 0.05) is 44.3 Å². The van der Waals surface area contributed by atoms with E-state index in [9.17, 15) is 9.90 Å². The van der Waals surface area contributed by atoms with Crippen molar-refractivity contribution in [3.63, 3.8) is 0 Å². The summed E-state index contributed by atoms with van der Waals surface area (Å²) in [5.74, 6) is -0.647. The molecule has 3 fully saturated rings. The van der Waals surface area contributed by atoms with Gasteiger partial charge in [-0.15, -0.1) is 0 Å². The Bertz CT molecular complexity index is 383. The van der Waals surface area contributed by atoms with E-state index < -0.39 is 11.6 Å². The second-order valence-electron chi connectivity index (χ2n) is 6.54. The van der Waals surface area contributed by atoms with Crippen molar-refractivity contribution in [3.05, 3.63) is 0 Å². The lowest BCUT2D eigenvalue weighted by molar-refractivity contribution is -0.156. The molecule has 1 N–H and O–H groups in total. The maximum Gasteiger partial charge on any atom is 0.340 e. The Balaban J connectivity index is 1.79. The summed E-state index contributed by atoms with van der Waals surface area (Å²) in [5.41, 5.74) is -0.759. The van der Waals surface area contributed by atoms with Gasteiger partial charge in [-0.3, -0.25) is 14.7 Å². The zero-order chi connectivity index (χ0) is 14.5. The van der Waals surface area contributed by atoms with Crippen LogP contribution in [0.3, 0.4) is 0 Å². The molecule has 3 rings (SSSR count). The zero-order valence-electron chi connectivity index (χ0n) is 12.9. The molecule has 3 saturated heterocycles. The number of hydrogen-bond acceptors (Lipinski definition) is 4. The van der Waals surface area contributed by atoms with Crippen molar-refractivity contribution in [3.8, 4) is 0 Å². The number of aliphatic carboxylic acids is 1. The number of carboxylic acid groups (broad SMARTS) is 1. The molecule has 0 bridgehead atoms. The summed E-state index contributed by atoms with van der Waals surface area (Å²) in [6, 6.07) is 1.53. The molecular weight excluding hydrogens is 254 g/mol. The monoisotopic (exact) mass is 281 g/mol. The quantitative estimate of drug-likeness (QED) is 0.674. The smallest absolute Gasteiger partial charge is 0.340 e. The first-order chi connectivity index (χ1) is 9.58. The molecule has 114 valence electrons. The molecule has 0 aliphatic carbocycles. The predicted octanol–water partition coefficient (Wildman–Crippen LogP) is 1.05. The second kappa shape index (κ2) is 4.97. The Labute approximate surface area is 121 Å². The van der Waals surface area contributed by atoms with Crippen LogP contribution in [0.5, 0.6) is 0 Å². The molecule has 0 aromatic heterocycles. The molecule has 3 heterocycles. The summed E-state index contributed by atoms with van der Waals surface area (Å²) in [5, 5.41) is 10.00. The van der Waals surface area contributed by atoms with Crippen molar-refractivity contribution >= 4 is 5.97 Å². The van der Waals surface area contributed by atoms with Crippen molar-refractivity contribution in [1.82, 2.24) is 14.7 Å². The largest absolute Gasteiger partial charge is 0.479 e. The van der Waals surface area contributed by atoms with E-state index in [0.717, 1.165) is 38.9 Å². The molecule has 0 spiro atoms. The van der Waals surface area contributed by atoms with Gasteiger partial charge in [0.1, 0.15) is 0 Å². The maximum atomic E-state index is 12.2. The van der Waals surface area contributed by atoms with Crippen molar-refractivity contribution < 1.29 is 9.90 Å². The summed E-state index contributed by atoms with van der Waals surface area (Å²) < 4.78 is 0. The lowest BCUT2D eigenvalue weighted by atomic mass is 10.1. The van der Waals surface area contributed by atoms with Crippen LogP contribution >= 0.6 is 0 Å². The van der Waals surface area contributed by atoms with Gasteiger partial charge in [-0.1, -0.05) is 20.8 Å². The van der Waals surface area contributed by atoms with Crippen LogP contribution in [-0.4, -0.2) is 75.7 Å². The molecule has 20 heavy (non-hydrogen) atoms. The minimum absolute atomic E-state index is 0.462. The highest BCUT2D eigenvalue weighted by Gasteiger charge is 2.65. The average Bonchev–Trinajstić information content (AvgIpc) is 3.32. The van der Waals surface area contributed by atoms with E-state index in [4.69, 9.17) is 0 Å². The minimum atomic E-state index is -0.759. The van der Waals surface area contributed by atoms with Gasteiger partial charge in [-0.2, -0.15) is 0 Å². The lowest BCUT2D eigenvalue weighted by Crippen LogP contribution is -2.59. The normalized spacial score (nSPS) is 44.8. The van der Waals surface area contributed by atoms with Gasteiger partial charge in [0.15, 0.2) is 5.66 Å². The van der Waals surface area contributed by atoms with Crippen molar-refractivity contribution in [2.75, 3.05) is 26.2 Å². The van der Waals surface area contributed by atoms with Crippen LogP contribution in [0.15, 0.2) is 0 Å². The third-order valence-electron chi connectivity index (χ3n) is 5.39. The van der Waals surface area contributed by atoms with E-state index in [-0.39, 0.29) is 0 Å². The molecule has 3 aliphatic heterocycles. The highest BCUT2D eigenvalue weighted by atomic mass is 16.4. The SMILES string of the molecule is CCC1CN1CC(C(=O)O)(N1CC1CC)N1CC1CC. The van der Waals surface area contributed by atoms with Crippen LogP contribution in [0.2, 0.25) is 0 Å². The van der Waals surface area contributed by atoms with E-state index in [2.05, 4.69) is 35.5 Å². The zero-order valence-corrected chi connectivity index (χ0v) is 12.9. The third-order valence-corrected chi connectivity index (χ3v) is 5.39. The van der Waals surface area contributed by atoms with E-state index in [1.807, 2.05) is 0 Å². The van der Waals surface area contributed by atoms with Gasteiger partial charge < -0.3 is 5.11 Å². The van der Waals surface area contributed by atoms with Crippen molar-refractivity contribution in [1.29, 1.82) is 0 Å². The summed E-state index contributed by atoms with van der Waals surface area (Å²) in [7, 11) is 0. The standard InChI is InChI=1S/C15H27N3O2/c1-4-11-7-16(11)10-15(14(19)20,17-8-12(17)5-2)18-9-13(18)6-3/h11-13H,4-10H2,1-3H3,(H,19,20). The predicted molar refractivity (Wildman–Crippen MR) is 77.6 cm³/mol. The van der Waals surface area contributed by atoms with E-state index in [0.29, 0.717) is 24.7 Å². The van der Waals surface area contributed by atoms with Gasteiger partial charge in [-0.25, -0.2) is 4.79 Å². The van der Waals surface area contributed by atoms with Crippen molar-refractivity contribution in [2.45, 2.75) is 63.8 Å². The van der Waals surface area contributed by atoms with Crippen LogP contribution in [-0.2, 0) is 4.79 Å². The first kappa shape index (κ1) is 14.3. The summed E-state index contributed by atoms with van der Waals surface area (Å²) in [6.07, 6.45) is 3.23. The molecule has 0 aromatic rings. The molecule has 3 aliphatic rings. The molecule has 0 amide bonds. The highest BCUT2D eigenvalue weighted by molar-refractivity contribution is 5.80. The maximum absolute atomic E-state index is 12.2. The average molecular weight is 281 g/mol. The molecule has 0 radical (unpaired) electrons. The molecule has 0 saturated carbocycles. The first-order valence-electron chi connectivity index (χ1n) is 8.09. The van der Waals surface area contributed by atoms with Gasteiger partial charge in [0.05, 0.1) is 0 Å². The first-order valence-corrected chi connectivity index (χ1v) is 8.09. The Morgan fingerprint density at radius 3 is 1.80 bits per heavy atom. The summed E-state index contributed by atoms with van der Waals surface area (Å²) >= 11 is 0. The topological polar surface area (TPSA) is 46.3 Å².